The largest absolute Gasteiger partial charge is 0.508 e. The molecule has 0 fully saturated rings. The van der Waals surface area contributed by atoms with Gasteiger partial charge in [-0.3, -0.25) is 24.1 Å². The number of aromatic hydroxyl groups is 1. The maximum atomic E-state index is 12.5. The monoisotopic (exact) mass is 409 g/mol. The number of phenols is 1. The molecule has 0 saturated heterocycles. The van der Waals surface area contributed by atoms with E-state index in [0.29, 0.717) is 17.7 Å². The number of benzene rings is 2. The lowest BCUT2D eigenvalue weighted by Crippen LogP contribution is -2.34. The number of nitrogens with one attached hydrogen (secondary N) is 2. The average molecular weight is 409 g/mol. The van der Waals surface area contributed by atoms with Gasteiger partial charge in [-0.05, 0) is 42.3 Å². The van der Waals surface area contributed by atoms with E-state index in [1.54, 1.807) is 12.1 Å². The number of amides is 4. The van der Waals surface area contributed by atoms with Crippen LogP contribution >= 0.6 is 0 Å². The van der Waals surface area contributed by atoms with Gasteiger partial charge in [0.15, 0.2) is 0 Å². The molecule has 1 heterocycles. The van der Waals surface area contributed by atoms with Gasteiger partial charge in [0, 0.05) is 30.8 Å². The number of fused-ring (bicyclic) bond motifs is 1. The van der Waals surface area contributed by atoms with Crippen molar-refractivity contribution < 1.29 is 24.3 Å². The lowest BCUT2D eigenvalue weighted by atomic mass is 10.1. The normalized spacial score (nSPS) is 12.8. The fraction of sp³-hybridized carbons (Fsp3) is 0.273. The Morgan fingerprint density at radius 1 is 0.900 bits per heavy atom. The zero-order valence-corrected chi connectivity index (χ0v) is 16.8. The number of imide groups is 1. The predicted molar refractivity (Wildman–Crippen MR) is 109 cm³/mol. The van der Waals surface area contributed by atoms with Crippen LogP contribution in [0.1, 0.15) is 55.3 Å². The van der Waals surface area contributed by atoms with Crippen LogP contribution in [0.25, 0.3) is 0 Å². The van der Waals surface area contributed by atoms with Crippen molar-refractivity contribution in [3.63, 3.8) is 0 Å². The van der Waals surface area contributed by atoms with Crippen molar-refractivity contribution >= 4 is 23.6 Å². The third-order valence-corrected chi connectivity index (χ3v) is 4.59. The Kier molecular flexibility index (Phi) is 6.15. The van der Waals surface area contributed by atoms with E-state index in [0.717, 1.165) is 0 Å². The van der Waals surface area contributed by atoms with Gasteiger partial charge in [0.2, 0.25) is 0 Å². The molecule has 0 saturated carbocycles. The highest BCUT2D eigenvalue weighted by molar-refractivity contribution is 6.22. The molecule has 0 unspecified atom stereocenters. The molecule has 3 N–H and O–H groups in total. The van der Waals surface area contributed by atoms with Crippen LogP contribution in [-0.4, -0.2) is 53.3 Å². The summed E-state index contributed by atoms with van der Waals surface area (Å²) in [6, 6.07) is 10.4. The van der Waals surface area contributed by atoms with Crippen molar-refractivity contribution in [2.75, 3.05) is 19.6 Å². The van der Waals surface area contributed by atoms with Gasteiger partial charge < -0.3 is 15.7 Å². The molecule has 30 heavy (non-hydrogen) atoms. The first kappa shape index (κ1) is 21.0. The van der Waals surface area contributed by atoms with Crippen LogP contribution in [0, 0.1) is 5.92 Å². The van der Waals surface area contributed by atoms with E-state index in [1.165, 1.54) is 35.2 Å². The summed E-state index contributed by atoms with van der Waals surface area (Å²) in [6.07, 6.45) is 0. The Morgan fingerprint density at radius 2 is 1.50 bits per heavy atom. The van der Waals surface area contributed by atoms with E-state index < -0.39 is 11.8 Å². The number of rotatable bonds is 7. The molecule has 0 bridgehead atoms. The maximum absolute atomic E-state index is 12.5. The molecule has 4 amide bonds. The summed E-state index contributed by atoms with van der Waals surface area (Å²) in [5, 5.41) is 14.7. The number of hydrogen-bond donors (Lipinski definition) is 3. The Hall–Kier alpha value is -3.68. The Morgan fingerprint density at radius 3 is 2.10 bits per heavy atom. The molecule has 0 atom stereocenters. The summed E-state index contributed by atoms with van der Waals surface area (Å²) < 4.78 is 0. The first-order valence-corrected chi connectivity index (χ1v) is 9.63. The first-order chi connectivity index (χ1) is 14.3. The van der Waals surface area contributed by atoms with Crippen LogP contribution in [0.4, 0.5) is 0 Å². The molecule has 0 spiro atoms. The van der Waals surface area contributed by atoms with Crippen molar-refractivity contribution in [1.29, 1.82) is 0 Å². The summed E-state index contributed by atoms with van der Waals surface area (Å²) in [5.41, 5.74) is 1.11. The van der Waals surface area contributed by atoms with Crippen molar-refractivity contribution in [2.24, 2.45) is 5.92 Å². The molecule has 3 rings (SSSR count). The first-order valence-electron chi connectivity index (χ1n) is 9.63. The topological polar surface area (TPSA) is 116 Å². The van der Waals surface area contributed by atoms with Crippen molar-refractivity contribution in [3.8, 4) is 5.75 Å². The smallest absolute Gasteiger partial charge is 0.261 e. The highest BCUT2D eigenvalue weighted by Gasteiger charge is 2.36. The van der Waals surface area contributed by atoms with E-state index in [2.05, 4.69) is 10.6 Å². The lowest BCUT2D eigenvalue weighted by molar-refractivity contribution is 0.0635. The van der Waals surface area contributed by atoms with Gasteiger partial charge in [-0.1, -0.05) is 19.9 Å². The van der Waals surface area contributed by atoms with Crippen molar-refractivity contribution in [1.82, 2.24) is 15.5 Å². The van der Waals surface area contributed by atoms with Gasteiger partial charge >= 0.3 is 0 Å². The number of nitrogens with zero attached hydrogens (tertiary/aromatic N) is 1. The Balaban J connectivity index is 1.56. The third-order valence-electron chi connectivity index (χ3n) is 4.59. The molecule has 8 heteroatoms. The molecule has 1 aliphatic rings. The van der Waals surface area contributed by atoms with Gasteiger partial charge in [-0.25, -0.2) is 0 Å². The lowest BCUT2D eigenvalue weighted by Gasteiger charge is -2.15. The van der Waals surface area contributed by atoms with Gasteiger partial charge in [0.05, 0.1) is 11.1 Å². The van der Waals surface area contributed by atoms with Crippen LogP contribution in [0.2, 0.25) is 0 Å². The Bertz CT molecular complexity index is 1020. The number of carbonyl (C=O) groups is 4. The molecule has 0 aliphatic carbocycles. The molecular weight excluding hydrogens is 386 g/mol. The molecule has 2 aromatic carbocycles. The summed E-state index contributed by atoms with van der Waals surface area (Å²) in [7, 11) is 0. The van der Waals surface area contributed by atoms with E-state index in [9.17, 15) is 24.3 Å². The van der Waals surface area contributed by atoms with E-state index in [1.807, 2.05) is 13.8 Å². The maximum Gasteiger partial charge on any atom is 0.261 e. The highest BCUT2D eigenvalue weighted by atomic mass is 16.3. The minimum atomic E-state index is -0.410. The summed E-state index contributed by atoms with van der Waals surface area (Å²) in [5.74, 6) is -1.38. The quantitative estimate of drug-likeness (QED) is 0.476. The molecule has 0 radical (unpaired) electrons. The SMILES string of the molecule is CC(C)CN1C(=O)c2ccc(C(=O)NCCNC(=O)c3cccc(O)c3)cc2C1=O. The van der Waals surface area contributed by atoms with Gasteiger partial charge in [0.1, 0.15) is 5.75 Å². The number of hydrogen-bond acceptors (Lipinski definition) is 5. The van der Waals surface area contributed by atoms with Gasteiger partial charge in [-0.2, -0.15) is 0 Å². The third kappa shape index (κ3) is 4.48. The van der Waals surface area contributed by atoms with Crippen LogP contribution < -0.4 is 10.6 Å². The Labute approximate surface area is 173 Å². The molecule has 156 valence electrons. The zero-order valence-electron chi connectivity index (χ0n) is 16.8. The minimum absolute atomic E-state index is 0.00690. The molecule has 8 nitrogen and oxygen atoms in total. The molecular formula is C22H23N3O5. The van der Waals surface area contributed by atoms with Crippen molar-refractivity contribution in [3.05, 3.63) is 64.7 Å². The number of phenolic OH excluding ortho intramolecular Hbond substituents is 1. The van der Waals surface area contributed by atoms with Crippen molar-refractivity contribution in [2.45, 2.75) is 13.8 Å². The van der Waals surface area contributed by atoms with Gasteiger partial charge in [-0.15, -0.1) is 0 Å². The number of carbonyl (C=O) groups excluding carboxylic acids is 4. The fourth-order valence-corrected chi connectivity index (χ4v) is 3.17. The van der Waals surface area contributed by atoms with Crippen LogP contribution in [-0.2, 0) is 0 Å². The minimum Gasteiger partial charge on any atom is -0.508 e. The van der Waals surface area contributed by atoms with E-state index in [-0.39, 0.29) is 47.7 Å². The fourth-order valence-electron chi connectivity index (χ4n) is 3.17. The van der Waals surface area contributed by atoms with Crippen LogP contribution in [0.5, 0.6) is 5.75 Å². The predicted octanol–water partition coefficient (Wildman–Crippen LogP) is 1.80. The summed E-state index contributed by atoms with van der Waals surface area (Å²) >= 11 is 0. The molecule has 2 aromatic rings. The molecule has 0 aromatic heterocycles. The van der Waals surface area contributed by atoms with Crippen LogP contribution in [0.3, 0.4) is 0 Å². The van der Waals surface area contributed by atoms with Gasteiger partial charge in [0.25, 0.3) is 23.6 Å². The second kappa shape index (κ2) is 8.77. The van der Waals surface area contributed by atoms with E-state index in [4.69, 9.17) is 0 Å². The standard InChI is InChI=1S/C22H23N3O5/c1-13(2)12-25-21(29)17-7-6-15(11-18(17)22(25)30)20(28)24-9-8-23-19(27)14-4-3-5-16(26)10-14/h3-7,10-11,13,26H,8-9,12H2,1-2H3,(H,23,27)(H,24,28). The van der Waals surface area contributed by atoms with Crippen LogP contribution in [0.15, 0.2) is 42.5 Å². The highest BCUT2D eigenvalue weighted by Crippen LogP contribution is 2.24. The summed E-state index contributed by atoms with van der Waals surface area (Å²) in [6.45, 7) is 4.52. The molecule has 1 aliphatic heterocycles. The second-order valence-corrected chi connectivity index (χ2v) is 7.44. The average Bonchev–Trinajstić information content (AvgIpc) is 2.95. The summed E-state index contributed by atoms with van der Waals surface area (Å²) in [4.78, 5) is 50.5. The second-order valence-electron chi connectivity index (χ2n) is 7.44. The van der Waals surface area contributed by atoms with E-state index >= 15 is 0 Å². The zero-order chi connectivity index (χ0) is 21.8.